The second-order valence-electron chi connectivity index (χ2n) is 3.56. The van der Waals surface area contributed by atoms with E-state index >= 15 is 0 Å². The highest BCUT2D eigenvalue weighted by Gasteiger charge is 2.67. The van der Waals surface area contributed by atoms with Crippen LogP contribution in [0.25, 0.3) is 0 Å². The van der Waals surface area contributed by atoms with E-state index in [0.717, 1.165) is 3.58 Å². The Hall–Kier alpha value is -1.26. The number of nitrogens with zero attached hydrogens (tertiary/aromatic N) is 4. The predicted octanol–water partition coefficient (Wildman–Crippen LogP) is 1.60. The van der Waals surface area contributed by atoms with Crippen molar-refractivity contribution in [3.63, 3.8) is 0 Å². The van der Waals surface area contributed by atoms with Crippen LogP contribution in [0.4, 0.5) is 0 Å². The summed E-state index contributed by atoms with van der Waals surface area (Å²) in [5.74, 6) is -0.539. The van der Waals surface area contributed by atoms with Gasteiger partial charge in [-0.1, -0.05) is 0 Å². The van der Waals surface area contributed by atoms with E-state index in [1.807, 2.05) is 34.7 Å². The second kappa shape index (κ2) is 3.89. The quantitative estimate of drug-likeness (QED) is 0.612. The summed E-state index contributed by atoms with van der Waals surface area (Å²) in [6.07, 6.45) is 0. The molecule has 17 heavy (non-hydrogen) atoms. The maximum absolute atomic E-state index is 9.15. The number of thioether (sulfide) groups is 1. The molecule has 0 radical (unpaired) electrons. The lowest BCUT2D eigenvalue weighted by atomic mass is 9.86. The Morgan fingerprint density at radius 2 is 1.65 bits per heavy atom. The molecule has 0 aromatic heterocycles. The largest absolute Gasteiger partial charge is 0.311 e. The van der Waals surface area contributed by atoms with Crippen LogP contribution in [0.2, 0.25) is 0 Å². The van der Waals surface area contributed by atoms with E-state index in [0.29, 0.717) is 0 Å². The van der Waals surface area contributed by atoms with E-state index in [9.17, 15) is 0 Å². The topological polar surface area (TPSA) is 104 Å². The Kier molecular flexibility index (Phi) is 2.79. The Balaban J connectivity index is 2.62. The average Bonchev–Trinajstić information content (AvgIpc) is 2.88. The second-order valence-corrected chi connectivity index (χ2v) is 5.82. The molecule has 0 aromatic carbocycles. The van der Waals surface area contributed by atoms with Gasteiger partial charge in [0, 0.05) is 3.58 Å². The minimum Gasteiger partial charge on any atom is -0.311 e. The molecule has 0 aromatic rings. The van der Waals surface area contributed by atoms with Crippen LogP contribution >= 0.6 is 34.4 Å². The van der Waals surface area contributed by atoms with Gasteiger partial charge in [0.15, 0.2) is 0 Å². The van der Waals surface area contributed by atoms with Crippen molar-refractivity contribution >= 4 is 34.4 Å². The highest BCUT2D eigenvalue weighted by Crippen LogP contribution is 2.56. The standard InChI is InChI=1S/C10H3IN4OS/c11-6-1-17-8-7(6)9(2-12,3-13)16-10(8,4-14)5-15/h1,7-8H/t7-,8-/m1/s1. The van der Waals surface area contributed by atoms with Crippen molar-refractivity contribution < 1.29 is 4.74 Å². The van der Waals surface area contributed by atoms with Gasteiger partial charge in [0.25, 0.3) is 11.2 Å². The number of fused-ring (bicyclic) bond motifs is 1. The summed E-state index contributed by atoms with van der Waals surface area (Å²) in [5.41, 5.74) is -3.48. The Morgan fingerprint density at radius 1 is 1.12 bits per heavy atom. The first-order chi connectivity index (χ1) is 8.09. The highest BCUT2D eigenvalue weighted by atomic mass is 127. The number of ether oxygens (including phenoxy) is 1. The number of hydrogen-bond donors (Lipinski definition) is 0. The molecule has 2 rings (SSSR count). The van der Waals surface area contributed by atoms with Gasteiger partial charge in [0.1, 0.15) is 24.3 Å². The number of halogens is 1. The van der Waals surface area contributed by atoms with Crippen LogP contribution in [0, 0.1) is 51.2 Å². The molecule has 0 N–H and O–H groups in total. The molecule has 0 amide bonds. The smallest absolute Gasteiger partial charge is 0.256 e. The number of nitriles is 4. The van der Waals surface area contributed by atoms with Gasteiger partial charge in [-0.3, -0.25) is 0 Å². The van der Waals surface area contributed by atoms with Gasteiger partial charge < -0.3 is 4.74 Å². The van der Waals surface area contributed by atoms with E-state index in [1.54, 1.807) is 17.5 Å². The van der Waals surface area contributed by atoms with Gasteiger partial charge >= 0.3 is 0 Å². The van der Waals surface area contributed by atoms with Gasteiger partial charge in [-0.05, 0) is 28.0 Å². The molecule has 7 heteroatoms. The summed E-state index contributed by atoms with van der Waals surface area (Å²) in [4.78, 5) is 0. The van der Waals surface area contributed by atoms with Crippen molar-refractivity contribution in [1.82, 2.24) is 0 Å². The molecule has 1 saturated heterocycles. The first kappa shape index (κ1) is 12.2. The average molecular weight is 354 g/mol. The lowest BCUT2D eigenvalue weighted by molar-refractivity contribution is 0.0153. The normalized spacial score (nSPS) is 31.2. The maximum atomic E-state index is 9.15. The van der Waals surface area contributed by atoms with Crippen LogP contribution in [0.1, 0.15) is 0 Å². The summed E-state index contributed by atoms with van der Waals surface area (Å²) in [6.45, 7) is 0. The number of rotatable bonds is 0. The lowest BCUT2D eigenvalue weighted by Gasteiger charge is -2.18. The molecule has 82 valence electrons. The predicted molar refractivity (Wildman–Crippen MR) is 66.0 cm³/mol. The molecule has 2 aliphatic rings. The molecule has 0 unspecified atom stereocenters. The summed E-state index contributed by atoms with van der Waals surface area (Å²) in [5, 5.41) is 37.8. The lowest BCUT2D eigenvalue weighted by Crippen LogP contribution is -2.35. The van der Waals surface area contributed by atoms with E-state index in [4.69, 9.17) is 25.8 Å². The van der Waals surface area contributed by atoms with Crippen LogP contribution in [0.3, 0.4) is 0 Å². The molecule has 0 bridgehead atoms. The summed E-state index contributed by atoms with van der Waals surface area (Å²) in [6, 6.07) is 7.21. The highest BCUT2D eigenvalue weighted by molar-refractivity contribution is 14.1. The molecule has 2 aliphatic heterocycles. The summed E-state index contributed by atoms with van der Waals surface area (Å²) >= 11 is 3.28. The van der Waals surface area contributed by atoms with E-state index < -0.39 is 22.4 Å². The minimum absolute atomic E-state index is 0.524. The van der Waals surface area contributed by atoms with Gasteiger partial charge in [0.2, 0.25) is 0 Å². The van der Waals surface area contributed by atoms with Gasteiger partial charge in [-0.15, -0.1) is 11.8 Å². The summed E-state index contributed by atoms with van der Waals surface area (Å²) < 4.78 is 6.03. The van der Waals surface area contributed by atoms with Crippen molar-refractivity contribution in [2.45, 2.75) is 16.5 Å². The zero-order valence-corrected chi connectivity index (χ0v) is 11.2. The van der Waals surface area contributed by atoms with Crippen molar-refractivity contribution in [2.75, 3.05) is 0 Å². The molecule has 2 heterocycles. The Bertz CT molecular complexity index is 545. The van der Waals surface area contributed by atoms with Crippen LogP contribution < -0.4 is 0 Å². The first-order valence-electron chi connectivity index (χ1n) is 4.45. The third kappa shape index (κ3) is 1.37. The van der Waals surface area contributed by atoms with Crippen molar-refractivity contribution in [3.8, 4) is 24.3 Å². The molecule has 2 atom stereocenters. The van der Waals surface area contributed by atoms with E-state index in [1.165, 1.54) is 11.8 Å². The monoisotopic (exact) mass is 354 g/mol. The Morgan fingerprint density at radius 3 is 2.12 bits per heavy atom. The SMILES string of the molecule is N#CC1(C#N)OC(C#N)(C#N)[C@@H]2C(I)=CS[C@H]21. The Labute approximate surface area is 115 Å². The van der Waals surface area contributed by atoms with Gasteiger partial charge in [-0.25, -0.2) is 0 Å². The molecule has 0 aliphatic carbocycles. The maximum Gasteiger partial charge on any atom is 0.256 e. The summed E-state index contributed by atoms with van der Waals surface area (Å²) in [7, 11) is 0. The zero-order valence-electron chi connectivity index (χ0n) is 8.22. The molecule has 5 nitrogen and oxygen atoms in total. The van der Waals surface area contributed by atoms with Crippen molar-refractivity contribution in [3.05, 3.63) is 8.99 Å². The fourth-order valence-electron chi connectivity index (χ4n) is 1.96. The van der Waals surface area contributed by atoms with Crippen molar-refractivity contribution in [1.29, 1.82) is 21.0 Å². The third-order valence-electron chi connectivity index (χ3n) is 2.75. The molecule has 0 spiro atoms. The van der Waals surface area contributed by atoms with Crippen LogP contribution in [-0.2, 0) is 4.74 Å². The molecule has 1 fully saturated rings. The van der Waals surface area contributed by atoms with Gasteiger partial charge in [-0.2, -0.15) is 21.0 Å². The fourth-order valence-corrected chi connectivity index (χ4v) is 4.70. The van der Waals surface area contributed by atoms with Crippen molar-refractivity contribution in [2.24, 2.45) is 5.92 Å². The fraction of sp³-hybridized carbons (Fsp3) is 0.400. The number of hydrogen-bond acceptors (Lipinski definition) is 6. The zero-order chi connectivity index (χ0) is 12.7. The first-order valence-corrected chi connectivity index (χ1v) is 6.47. The van der Waals surface area contributed by atoms with Gasteiger partial charge in [0.05, 0.1) is 11.2 Å². The van der Waals surface area contributed by atoms with Crippen LogP contribution in [-0.4, -0.2) is 16.5 Å². The van der Waals surface area contributed by atoms with Crippen LogP contribution in [0.15, 0.2) is 8.99 Å². The third-order valence-corrected chi connectivity index (χ3v) is 5.44. The minimum atomic E-state index is -1.74. The van der Waals surface area contributed by atoms with E-state index in [2.05, 4.69) is 0 Å². The molecule has 0 saturated carbocycles. The van der Waals surface area contributed by atoms with E-state index in [-0.39, 0.29) is 0 Å². The van der Waals surface area contributed by atoms with Crippen LogP contribution in [0.5, 0.6) is 0 Å². The molecular formula is C10H3IN4OS. The molecular weight excluding hydrogens is 351 g/mol.